The van der Waals surface area contributed by atoms with Crippen molar-refractivity contribution >= 4 is 17.3 Å². The van der Waals surface area contributed by atoms with E-state index in [0.29, 0.717) is 35.6 Å². The van der Waals surface area contributed by atoms with Gasteiger partial charge in [0.25, 0.3) is 0 Å². The Morgan fingerprint density at radius 3 is 3.00 bits per heavy atom. The highest BCUT2D eigenvalue weighted by molar-refractivity contribution is 6.33. The Bertz CT molecular complexity index is 589. The third-order valence-corrected chi connectivity index (χ3v) is 3.24. The first-order chi connectivity index (χ1) is 10.1. The average molecular weight is 312 g/mol. The minimum absolute atomic E-state index is 0.0393. The molecule has 7 heteroatoms. The maximum absolute atomic E-state index is 9.13. The Balaban J connectivity index is 2.00. The molecule has 0 radical (unpaired) electrons. The van der Waals surface area contributed by atoms with E-state index >= 15 is 0 Å². The number of benzene rings is 1. The number of aromatic nitrogens is 2. The van der Waals surface area contributed by atoms with Crippen LogP contribution in [0.1, 0.15) is 37.2 Å². The van der Waals surface area contributed by atoms with Gasteiger partial charge in [-0.1, -0.05) is 22.8 Å². The molecule has 114 valence electrons. The summed E-state index contributed by atoms with van der Waals surface area (Å²) in [7, 11) is 0. The monoisotopic (exact) mass is 311 g/mol. The van der Waals surface area contributed by atoms with Crippen LogP contribution in [0.25, 0.3) is 0 Å². The minimum atomic E-state index is -0.200. The minimum Gasteiger partial charge on any atom is -0.392 e. The Kier molecular flexibility index (Phi) is 5.55. The molecule has 1 aromatic heterocycles. The molecule has 6 nitrogen and oxygen atoms in total. The van der Waals surface area contributed by atoms with Gasteiger partial charge in [0, 0.05) is 6.61 Å². The van der Waals surface area contributed by atoms with Crippen molar-refractivity contribution in [2.45, 2.75) is 33.1 Å². The first-order valence-electron chi connectivity index (χ1n) is 6.71. The van der Waals surface area contributed by atoms with E-state index in [1.165, 1.54) is 0 Å². The molecule has 1 atom stereocenters. The number of aliphatic hydroxyl groups is 1. The lowest BCUT2D eigenvalue weighted by atomic mass is 10.2. The third kappa shape index (κ3) is 4.17. The van der Waals surface area contributed by atoms with Crippen molar-refractivity contribution in [3.8, 4) is 0 Å². The average Bonchev–Trinajstić information content (AvgIpc) is 2.96. The standard InChI is InChI=1S/C14H18ClN3O3/c1-3-20-9(2)14-17-13(21-18-14)7-16-12-6-10(8-19)4-5-11(12)15/h4-6,9,16,19H,3,7-8H2,1-2H3. The Hall–Kier alpha value is -1.63. The molecule has 1 heterocycles. The van der Waals surface area contributed by atoms with Crippen LogP contribution in [0.4, 0.5) is 5.69 Å². The lowest BCUT2D eigenvalue weighted by Crippen LogP contribution is -2.03. The summed E-state index contributed by atoms with van der Waals surface area (Å²) in [5, 5.41) is 16.7. The quantitative estimate of drug-likeness (QED) is 0.818. The van der Waals surface area contributed by atoms with E-state index in [0.717, 1.165) is 5.56 Å². The molecule has 1 unspecified atom stereocenters. The summed E-state index contributed by atoms with van der Waals surface area (Å²) < 4.78 is 10.6. The number of aliphatic hydroxyl groups excluding tert-OH is 1. The highest BCUT2D eigenvalue weighted by atomic mass is 35.5. The largest absolute Gasteiger partial charge is 0.392 e. The summed E-state index contributed by atoms with van der Waals surface area (Å²) in [5.74, 6) is 0.964. The van der Waals surface area contributed by atoms with Crippen LogP contribution in [-0.4, -0.2) is 21.9 Å². The highest BCUT2D eigenvalue weighted by Crippen LogP contribution is 2.23. The molecule has 0 aliphatic heterocycles. The molecule has 2 N–H and O–H groups in total. The number of nitrogens with zero attached hydrogens (tertiary/aromatic N) is 2. The molecule has 0 amide bonds. The van der Waals surface area contributed by atoms with Gasteiger partial charge in [-0.05, 0) is 31.5 Å². The van der Waals surface area contributed by atoms with Crippen LogP contribution in [0, 0.1) is 0 Å². The van der Waals surface area contributed by atoms with Gasteiger partial charge in [0.1, 0.15) is 6.10 Å². The zero-order valence-electron chi connectivity index (χ0n) is 12.0. The number of ether oxygens (including phenoxy) is 1. The van der Waals surface area contributed by atoms with Gasteiger partial charge >= 0.3 is 0 Å². The van der Waals surface area contributed by atoms with Crippen LogP contribution in [-0.2, 0) is 17.9 Å². The van der Waals surface area contributed by atoms with Crippen molar-refractivity contribution in [1.82, 2.24) is 10.1 Å². The second-order valence-corrected chi connectivity index (χ2v) is 4.88. The topological polar surface area (TPSA) is 80.4 Å². The van der Waals surface area contributed by atoms with Crippen LogP contribution in [0.15, 0.2) is 22.7 Å². The normalized spacial score (nSPS) is 12.4. The molecule has 1 aromatic carbocycles. The van der Waals surface area contributed by atoms with Gasteiger partial charge in [0.15, 0.2) is 5.82 Å². The Morgan fingerprint density at radius 1 is 1.48 bits per heavy atom. The van der Waals surface area contributed by atoms with E-state index in [9.17, 15) is 0 Å². The van der Waals surface area contributed by atoms with E-state index in [-0.39, 0.29) is 12.7 Å². The Morgan fingerprint density at radius 2 is 2.29 bits per heavy atom. The van der Waals surface area contributed by atoms with Crippen LogP contribution in [0.3, 0.4) is 0 Å². The van der Waals surface area contributed by atoms with Gasteiger partial charge in [-0.15, -0.1) is 0 Å². The molecule has 0 saturated carbocycles. The number of anilines is 1. The summed E-state index contributed by atoms with van der Waals surface area (Å²) >= 11 is 6.09. The first-order valence-corrected chi connectivity index (χ1v) is 7.09. The summed E-state index contributed by atoms with van der Waals surface area (Å²) in [6.07, 6.45) is -0.200. The fourth-order valence-corrected chi connectivity index (χ4v) is 1.99. The molecule has 0 saturated heterocycles. The van der Waals surface area contributed by atoms with Gasteiger partial charge in [-0.2, -0.15) is 4.98 Å². The van der Waals surface area contributed by atoms with Gasteiger partial charge in [0.2, 0.25) is 5.89 Å². The summed E-state index contributed by atoms with van der Waals surface area (Å²) in [6.45, 7) is 4.68. The van der Waals surface area contributed by atoms with E-state index in [2.05, 4.69) is 15.5 Å². The number of rotatable bonds is 7. The van der Waals surface area contributed by atoms with Gasteiger partial charge in [-0.25, -0.2) is 0 Å². The third-order valence-electron chi connectivity index (χ3n) is 2.91. The van der Waals surface area contributed by atoms with Crippen LogP contribution >= 0.6 is 11.6 Å². The second kappa shape index (κ2) is 7.40. The predicted octanol–water partition coefficient (Wildman–Crippen LogP) is 2.92. The lowest BCUT2D eigenvalue weighted by Gasteiger charge is -2.07. The highest BCUT2D eigenvalue weighted by Gasteiger charge is 2.13. The van der Waals surface area contributed by atoms with Crippen molar-refractivity contribution in [1.29, 1.82) is 0 Å². The second-order valence-electron chi connectivity index (χ2n) is 4.47. The number of halogens is 1. The Labute approximate surface area is 128 Å². The molecular weight excluding hydrogens is 294 g/mol. The molecular formula is C14H18ClN3O3. The zero-order chi connectivity index (χ0) is 15.2. The first kappa shape index (κ1) is 15.8. The van der Waals surface area contributed by atoms with Crippen molar-refractivity contribution in [3.63, 3.8) is 0 Å². The smallest absolute Gasteiger partial charge is 0.246 e. The van der Waals surface area contributed by atoms with Crippen molar-refractivity contribution in [2.75, 3.05) is 11.9 Å². The number of hydrogen-bond acceptors (Lipinski definition) is 6. The van der Waals surface area contributed by atoms with Gasteiger partial charge < -0.3 is 19.7 Å². The SMILES string of the molecule is CCOC(C)c1noc(CNc2cc(CO)ccc2Cl)n1. The molecule has 0 aliphatic carbocycles. The summed E-state index contributed by atoms with van der Waals surface area (Å²) in [6, 6.07) is 5.27. The van der Waals surface area contributed by atoms with Crippen molar-refractivity contribution < 1.29 is 14.4 Å². The molecule has 0 aliphatic rings. The van der Waals surface area contributed by atoms with Crippen molar-refractivity contribution in [2.24, 2.45) is 0 Å². The lowest BCUT2D eigenvalue weighted by molar-refractivity contribution is 0.0683. The zero-order valence-corrected chi connectivity index (χ0v) is 12.7. The van der Waals surface area contributed by atoms with Crippen LogP contribution in [0.2, 0.25) is 5.02 Å². The van der Waals surface area contributed by atoms with E-state index in [4.69, 9.17) is 26.0 Å². The summed E-state index contributed by atoms with van der Waals surface area (Å²) in [4.78, 5) is 4.26. The number of hydrogen-bond donors (Lipinski definition) is 2. The molecule has 0 fully saturated rings. The predicted molar refractivity (Wildman–Crippen MR) is 79.0 cm³/mol. The van der Waals surface area contributed by atoms with Crippen molar-refractivity contribution in [3.05, 3.63) is 40.5 Å². The van der Waals surface area contributed by atoms with Crippen LogP contribution in [0.5, 0.6) is 0 Å². The van der Waals surface area contributed by atoms with Crippen LogP contribution < -0.4 is 5.32 Å². The molecule has 2 rings (SSSR count). The van der Waals surface area contributed by atoms with Gasteiger partial charge in [-0.3, -0.25) is 0 Å². The van der Waals surface area contributed by atoms with E-state index in [1.54, 1.807) is 18.2 Å². The fraction of sp³-hybridized carbons (Fsp3) is 0.429. The molecule has 21 heavy (non-hydrogen) atoms. The molecule has 0 bridgehead atoms. The maximum atomic E-state index is 9.13. The maximum Gasteiger partial charge on any atom is 0.246 e. The van der Waals surface area contributed by atoms with Gasteiger partial charge in [0.05, 0.1) is 23.9 Å². The van der Waals surface area contributed by atoms with E-state index in [1.807, 2.05) is 13.8 Å². The summed E-state index contributed by atoms with van der Waals surface area (Å²) in [5.41, 5.74) is 1.49. The number of nitrogens with one attached hydrogen (secondary N) is 1. The fourth-order valence-electron chi connectivity index (χ4n) is 1.81. The molecule has 0 spiro atoms. The molecule has 2 aromatic rings. The van der Waals surface area contributed by atoms with E-state index < -0.39 is 0 Å².